The second-order valence-electron chi connectivity index (χ2n) is 7.14. The number of nitrogens with one attached hydrogen (secondary N) is 1. The molecule has 1 atom stereocenters. The third-order valence-corrected chi connectivity index (χ3v) is 4.49. The van der Waals surface area contributed by atoms with Gasteiger partial charge in [0, 0.05) is 16.5 Å². The summed E-state index contributed by atoms with van der Waals surface area (Å²) < 4.78 is 49.6. The summed E-state index contributed by atoms with van der Waals surface area (Å²) >= 11 is 3.11. The molecule has 12 nitrogen and oxygen atoms in total. The first-order valence-corrected chi connectivity index (χ1v) is 10.8. The van der Waals surface area contributed by atoms with Crippen molar-refractivity contribution in [2.24, 2.45) is 5.90 Å². The number of benzene rings is 1. The van der Waals surface area contributed by atoms with E-state index < -0.39 is 48.1 Å². The molecule has 0 radical (unpaired) electrons. The van der Waals surface area contributed by atoms with Crippen molar-refractivity contribution in [2.45, 2.75) is 37.8 Å². The summed E-state index contributed by atoms with van der Waals surface area (Å²) in [5.74, 6) is 2.72. The Morgan fingerprint density at radius 2 is 1.89 bits per heavy atom. The Hall–Kier alpha value is -2.31. The van der Waals surface area contributed by atoms with Gasteiger partial charge in [-0.05, 0) is 45.1 Å². The van der Waals surface area contributed by atoms with Crippen LogP contribution in [0.3, 0.4) is 0 Å². The van der Waals surface area contributed by atoms with E-state index in [1.54, 1.807) is 0 Å². The third-order valence-electron chi connectivity index (χ3n) is 4.03. The van der Waals surface area contributed by atoms with Gasteiger partial charge < -0.3 is 30.1 Å². The number of fused-ring (bicyclic) bond motifs is 1. The lowest BCUT2D eigenvalue weighted by Crippen LogP contribution is -2.46. The zero-order chi connectivity index (χ0) is 28.1. The van der Waals surface area contributed by atoms with Gasteiger partial charge in [0.25, 0.3) is 0 Å². The van der Waals surface area contributed by atoms with Gasteiger partial charge in [-0.25, -0.2) is 21.4 Å². The van der Waals surface area contributed by atoms with Crippen LogP contribution in [-0.4, -0.2) is 67.0 Å². The molecule has 1 heterocycles. The maximum absolute atomic E-state index is 13.3. The fourth-order valence-corrected chi connectivity index (χ4v) is 3.10. The van der Waals surface area contributed by atoms with Gasteiger partial charge in [-0.3, -0.25) is 9.63 Å². The van der Waals surface area contributed by atoms with Crippen LogP contribution in [0.25, 0.3) is 6.08 Å². The highest BCUT2D eigenvalue weighted by Crippen LogP contribution is 2.43. The largest absolute Gasteiger partial charge is 0.481 e. The van der Waals surface area contributed by atoms with E-state index in [0.717, 1.165) is 19.5 Å². The highest BCUT2D eigenvalue weighted by molar-refractivity contribution is 9.10. The maximum Gasteiger partial charge on any atom is 0.430 e. The van der Waals surface area contributed by atoms with Gasteiger partial charge >= 0.3 is 18.1 Å². The maximum atomic E-state index is 13.3. The summed E-state index contributed by atoms with van der Waals surface area (Å²) in [5.41, 5.74) is -1.11. The highest BCUT2D eigenvalue weighted by atomic mass is 79.9. The number of aliphatic hydroxyl groups is 2. The number of alkyl halides is 3. The van der Waals surface area contributed by atoms with Crippen LogP contribution in [0.4, 0.5) is 13.2 Å². The molecular weight excluding hydrogens is 563 g/mol. The van der Waals surface area contributed by atoms with Gasteiger partial charge in [-0.2, -0.15) is 13.2 Å². The van der Waals surface area contributed by atoms with Crippen LogP contribution in [0.2, 0.25) is 0 Å². The summed E-state index contributed by atoms with van der Waals surface area (Å²) in [5, 5.41) is 30.5. The molecule has 1 aliphatic heterocycles. The summed E-state index contributed by atoms with van der Waals surface area (Å²) in [6, 6.07) is 2.55. The van der Waals surface area contributed by atoms with E-state index in [1.165, 1.54) is 19.2 Å². The fourth-order valence-electron chi connectivity index (χ4n) is 2.63. The summed E-state index contributed by atoms with van der Waals surface area (Å²) in [6.07, 6.45) is -5.74. The number of hydrogen-bond acceptors (Lipinski definition) is 10. The monoisotopic (exact) mass is 592 g/mol. The molecule has 0 aromatic heterocycles. The average molecular weight is 593 g/mol. The molecule has 0 fully saturated rings. The van der Waals surface area contributed by atoms with Crippen LogP contribution in [0.1, 0.15) is 30.9 Å². The number of nitrogens with two attached hydrogens (primary N) is 1. The van der Waals surface area contributed by atoms with Crippen LogP contribution in [0, 0.1) is 0 Å². The third kappa shape index (κ3) is 11.6. The zero-order valence-corrected chi connectivity index (χ0v) is 21.3. The van der Waals surface area contributed by atoms with Gasteiger partial charge in [-0.1, -0.05) is 15.9 Å². The molecule has 0 amide bonds. The average Bonchev–Trinajstić information content (AvgIpc) is 2.75. The number of carbonyl (C=O) groups is 2. The summed E-state index contributed by atoms with van der Waals surface area (Å²) in [4.78, 5) is 29.7. The van der Waals surface area contributed by atoms with E-state index in [1.807, 2.05) is 7.05 Å². The molecule has 1 unspecified atom stereocenters. The first-order chi connectivity index (χ1) is 16.6. The van der Waals surface area contributed by atoms with Crippen molar-refractivity contribution in [2.75, 3.05) is 27.5 Å². The van der Waals surface area contributed by atoms with Crippen LogP contribution in [0.15, 0.2) is 22.2 Å². The number of carboxylic acid groups (broad SMARTS) is 1. The Bertz CT molecular complexity index is 894. The Morgan fingerprint density at radius 3 is 2.33 bits per heavy atom. The van der Waals surface area contributed by atoms with Gasteiger partial charge in [0.15, 0.2) is 5.79 Å². The van der Waals surface area contributed by atoms with Gasteiger partial charge in [0.1, 0.15) is 5.75 Å². The molecule has 9 N–H and O–H groups in total. The van der Waals surface area contributed by atoms with E-state index in [9.17, 15) is 33.0 Å². The molecule has 36 heavy (non-hydrogen) atoms. The second-order valence-corrected chi connectivity index (χ2v) is 8.05. The Morgan fingerprint density at radius 1 is 1.31 bits per heavy atom. The zero-order valence-electron chi connectivity index (χ0n) is 19.7. The van der Waals surface area contributed by atoms with Crippen LogP contribution in [0.5, 0.6) is 5.75 Å². The van der Waals surface area contributed by atoms with Gasteiger partial charge in [-0.15, -0.1) is 0 Å². The number of quaternary nitrogens is 1. The Kier molecular flexibility index (Phi) is 14.7. The number of rotatable bonds is 8. The predicted molar refractivity (Wildman–Crippen MR) is 121 cm³/mol. The minimum Gasteiger partial charge on any atom is -0.481 e. The smallest absolute Gasteiger partial charge is 0.430 e. The molecule has 2 rings (SSSR count). The van der Waals surface area contributed by atoms with Gasteiger partial charge in [0.05, 0.1) is 18.2 Å². The van der Waals surface area contributed by atoms with Crippen LogP contribution >= 0.6 is 15.9 Å². The summed E-state index contributed by atoms with van der Waals surface area (Å²) in [7, 11) is 3.32. The number of ether oxygens (including phenoxy) is 2. The minimum absolute atomic E-state index is 0.0276. The topological polar surface area (TPSA) is 197 Å². The van der Waals surface area contributed by atoms with Crippen LogP contribution in [-0.2, 0) is 29.8 Å². The number of hydrogen-bond donors (Lipinski definition) is 6. The van der Waals surface area contributed by atoms with Crippen LogP contribution < -0.4 is 21.8 Å². The van der Waals surface area contributed by atoms with Crippen molar-refractivity contribution < 1.29 is 63.1 Å². The second kappa shape index (κ2) is 15.7. The van der Waals surface area contributed by atoms with Crippen molar-refractivity contribution in [1.82, 2.24) is 5.32 Å². The lowest BCUT2D eigenvalue weighted by Gasteiger charge is -2.31. The van der Waals surface area contributed by atoms with Crippen molar-refractivity contribution in [3.05, 3.63) is 33.3 Å². The van der Waals surface area contributed by atoms with E-state index >= 15 is 0 Å². The number of carboxylic acids is 1. The SMILES string of the molecule is CC(O)(O)c1cc(Br)cc2c1OC(C(F)(F)F)C(C(=O)OCON)=C2.CNCCCC(=O)O.CO[NH3+]. The first-order valence-electron chi connectivity index (χ1n) is 10.0. The lowest BCUT2D eigenvalue weighted by molar-refractivity contribution is -0.679. The molecule has 1 aromatic rings. The van der Waals surface area contributed by atoms with Crippen molar-refractivity contribution in [3.8, 4) is 5.75 Å². The highest BCUT2D eigenvalue weighted by Gasteiger charge is 2.49. The summed E-state index contributed by atoms with van der Waals surface area (Å²) in [6.45, 7) is 1.00. The molecule has 16 heteroatoms. The van der Waals surface area contributed by atoms with E-state index in [4.69, 9.17) is 9.84 Å². The first kappa shape index (κ1) is 33.7. The predicted octanol–water partition coefficient (Wildman–Crippen LogP) is 0.564. The van der Waals surface area contributed by atoms with Crippen molar-refractivity contribution in [3.63, 3.8) is 0 Å². The minimum atomic E-state index is -4.96. The number of carbonyl (C=O) groups excluding carboxylic acids is 1. The number of esters is 1. The molecule has 0 saturated carbocycles. The molecule has 0 bridgehead atoms. The lowest BCUT2D eigenvalue weighted by atomic mass is 9.96. The number of halogens is 4. The van der Waals surface area contributed by atoms with E-state index in [-0.39, 0.29) is 17.5 Å². The molecular formula is C20H30BrF3N3O9+. The van der Waals surface area contributed by atoms with E-state index in [0.29, 0.717) is 10.9 Å². The number of aliphatic carboxylic acids is 1. The Balaban J connectivity index is 0.000000936. The molecule has 0 aliphatic carbocycles. The molecule has 0 saturated heterocycles. The molecule has 1 aliphatic rings. The fraction of sp³-hybridized carbons (Fsp3) is 0.500. The molecule has 0 spiro atoms. The molecule has 1 aromatic carbocycles. The normalized spacial score (nSPS) is 14.6. The quantitative estimate of drug-likeness (QED) is 0.107. The van der Waals surface area contributed by atoms with Gasteiger partial charge in [0.2, 0.25) is 12.9 Å². The van der Waals surface area contributed by atoms with E-state index in [2.05, 4.69) is 47.5 Å². The van der Waals surface area contributed by atoms with Crippen molar-refractivity contribution in [1.29, 1.82) is 0 Å². The molecule has 206 valence electrons. The Labute approximate surface area is 213 Å². The standard InChI is InChI=1S/C14H13BrF3NO6.C5H11NO2.CH6NO/c1-13(21,22)9-4-7(15)2-6-3-8(12(20)23-5-24-19)11(14(16,17)18)25-10(6)9;1-6-4-2-3-5(7)8;1-3-2/h2-4,11,21-22H,5,19H2,1H3;6H,2-4H2,1H3,(H,7,8);1-2H3/q;;+1. The van der Waals surface area contributed by atoms with Crippen molar-refractivity contribution >= 4 is 33.9 Å².